The van der Waals surface area contributed by atoms with E-state index in [0.717, 1.165) is 30.7 Å². The maximum Gasteiger partial charge on any atom is 0.0808 e. The van der Waals surface area contributed by atoms with Crippen LogP contribution in [0.4, 0.5) is 5.69 Å². The zero-order valence-electron chi connectivity index (χ0n) is 16.0. The first-order valence-corrected chi connectivity index (χ1v) is 10.0. The Labute approximate surface area is 160 Å². The fraction of sp³-hybridized carbons (Fsp3) is 0.292. The molecule has 138 valence electrons. The van der Waals surface area contributed by atoms with Crippen LogP contribution < -0.4 is 10.6 Å². The van der Waals surface area contributed by atoms with E-state index in [1.54, 1.807) is 0 Å². The molecule has 2 N–H and O–H groups in total. The smallest absolute Gasteiger partial charge is 0.0808 e. The summed E-state index contributed by atoms with van der Waals surface area (Å²) in [6, 6.07) is 21.4. The van der Waals surface area contributed by atoms with Crippen LogP contribution in [0.5, 0.6) is 0 Å². The number of rotatable bonds is 8. The van der Waals surface area contributed by atoms with Crippen LogP contribution in [-0.2, 0) is 0 Å². The molecule has 3 aromatic carbocycles. The van der Waals surface area contributed by atoms with Crippen molar-refractivity contribution < 1.29 is 0 Å². The molecule has 0 amide bonds. The molecule has 0 fully saturated rings. The van der Waals surface area contributed by atoms with Crippen LogP contribution in [0.1, 0.15) is 26.2 Å². The van der Waals surface area contributed by atoms with E-state index in [4.69, 9.17) is 4.98 Å². The summed E-state index contributed by atoms with van der Waals surface area (Å²) in [6.45, 7) is 5.32. The van der Waals surface area contributed by atoms with E-state index in [1.165, 1.54) is 46.5 Å². The molecule has 4 rings (SSSR count). The lowest BCUT2D eigenvalue weighted by atomic mass is 10.0. The van der Waals surface area contributed by atoms with Gasteiger partial charge in [-0.1, -0.05) is 67.9 Å². The number of para-hydroxylation sites is 1. The van der Waals surface area contributed by atoms with Crippen molar-refractivity contribution in [3.05, 3.63) is 60.7 Å². The van der Waals surface area contributed by atoms with Crippen LogP contribution in [0.2, 0.25) is 0 Å². The number of nitrogens with zero attached hydrogens (tertiary/aromatic N) is 1. The topological polar surface area (TPSA) is 37.0 Å². The van der Waals surface area contributed by atoms with Crippen molar-refractivity contribution >= 4 is 38.3 Å². The Balaban J connectivity index is 1.67. The number of anilines is 1. The van der Waals surface area contributed by atoms with Gasteiger partial charge in [0.1, 0.15) is 0 Å². The molecule has 0 aliphatic rings. The minimum absolute atomic E-state index is 0.988. The fourth-order valence-corrected chi connectivity index (χ4v) is 3.76. The Hall–Kier alpha value is -2.65. The van der Waals surface area contributed by atoms with Crippen molar-refractivity contribution in [1.29, 1.82) is 0 Å². The van der Waals surface area contributed by atoms with Gasteiger partial charge in [-0.3, -0.25) is 0 Å². The van der Waals surface area contributed by atoms with Crippen LogP contribution in [0, 0.1) is 0 Å². The zero-order chi connectivity index (χ0) is 18.5. The molecule has 0 aliphatic carbocycles. The number of pyridine rings is 1. The quantitative estimate of drug-likeness (QED) is 0.240. The highest BCUT2D eigenvalue weighted by atomic mass is 14.9. The molecule has 3 nitrogen and oxygen atoms in total. The Bertz CT molecular complexity index is 1060. The average Bonchev–Trinajstić information content (AvgIpc) is 2.72. The molecule has 0 saturated heterocycles. The number of nitrogens with one attached hydrogen (secondary N) is 2. The van der Waals surface area contributed by atoms with Crippen LogP contribution in [0.3, 0.4) is 0 Å². The molecule has 3 heteroatoms. The highest BCUT2D eigenvalue weighted by Crippen LogP contribution is 2.34. The van der Waals surface area contributed by atoms with Crippen molar-refractivity contribution in [1.82, 2.24) is 10.3 Å². The van der Waals surface area contributed by atoms with Crippen LogP contribution in [0.15, 0.2) is 60.7 Å². The van der Waals surface area contributed by atoms with E-state index in [9.17, 15) is 0 Å². The molecule has 0 atom stereocenters. The van der Waals surface area contributed by atoms with Crippen molar-refractivity contribution in [2.75, 3.05) is 25.0 Å². The third kappa shape index (κ3) is 3.74. The van der Waals surface area contributed by atoms with E-state index in [-0.39, 0.29) is 0 Å². The second kappa shape index (κ2) is 8.36. The lowest BCUT2D eigenvalue weighted by molar-refractivity contribution is 0.626. The normalized spacial score (nSPS) is 11.4. The monoisotopic (exact) mass is 357 g/mol. The molecule has 0 spiro atoms. The minimum Gasteiger partial charge on any atom is -0.384 e. The summed E-state index contributed by atoms with van der Waals surface area (Å²) in [4.78, 5) is 5.00. The number of benzene rings is 3. The number of aromatic nitrogens is 1. The molecule has 0 saturated carbocycles. The molecule has 0 aliphatic heterocycles. The van der Waals surface area contributed by atoms with E-state index in [0.29, 0.717) is 0 Å². The average molecular weight is 358 g/mol. The molecule has 4 aromatic rings. The molecular formula is C24H27N3. The van der Waals surface area contributed by atoms with Crippen molar-refractivity contribution in [3.63, 3.8) is 0 Å². The maximum atomic E-state index is 5.00. The molecule has 1 aromatic heterocycles. The van der Waals surface area contributed by atoms with Gasteiger partial charge in [0, 0.05) is 22.7 Å². The van der Waals surface area contributed by atoms with Gasteiger partial charge in [0.15, 0.2) is 0 Å². The third-order valence-corrected chi connectivity index (χ3v) is 5.16. The van der Waals surface area contributed by atoms with Crippen molar-refractivity contribution in [3.8, 4) is 0 Å². The minimum atomic E-state index is 0.988. The second-order valence-corrected chi connectivity index (χ2v) is 7.03. The van der Waals surface area contributed by atoms with Crippen LogP contribution >= 0.6 is 0 Å². The fourth-order valence-electron chi connectivity index (χ4n) is 3.76. The molecule has 1 heterocycles. The standard InChI is InChI=1S/C24H27N3/c1-2-25-16-8-3-9-17-26-23-20-12-6-7-13-22(20)27-24-19-11-5-4-10-18(19)14-15-21(23)24/h4-7,10-15,25H,2-3,8-9,16-17H2,1H3,(H,26,27). The number of hydrogen-bond acceptors (Lipinski definition) is 3. The van der Waals surface area contributed by atoms with E-state index in [2.05, 4.69) is 78.2 Å². The van der Waals surface area contributed by atoms with Gasteiger partial charge in [-0.25, -0.2) is 4.98 Å². The summed E-state index contributed by atoms with van der Waals surface area (Å²) in [5.74, 6) is 0. The highest BCUT2D eigenvalue weighted by Gasteiger charge is 2.11. The molecule has 0 unspecified atom stereocenters. The lowest BCUT2D eigenvalue weighted by Crippen LogP contribution is -2.14. The van der Waals surface area contributed by atoms with Crippen LogP contribution in [0.25, 0.3) is 32.6 Å². The Kier molecular flexibility index (Phi) is 5.50. The summed E-state index contributed by atoms with van der Waals surface area (Å²) >= 11 is 0. The Morgan fingerprint density at radius 2 is 1.52 bits per heavy atom. The van der Waals surface area contributed by atoms with Gasteiger partial charge in [0.2, 0.25) is 0 Å². The highest BCUT2D eigenvalue weighted by molar-refractivity contribution is 6.15. The van der Waals surface area contributed by atoms with Gasteiger partial charge >= 0.3 is 0 Å². The van der Waals surface area contributed by atoms with Gasteiger partial charge in [0.25, 0.3) is 0 Å². The maximum absolute atomic E-state index is 5.00. The van der Waals surface area contributed by atoms with E-state index < -0.39 is 0 Å². The number of hydrogen-bond donors (Lipinski definition) is 2. The van der Waals surface area contributed by atoms with Crippen LogP contribution in [-0.4, -0.2) is 24.6 Å². The van der Waals surface area contributed by atoms with Crippen molar-refractivity contribution in [2.45, 2.75) is 26.2 Å². The predicted molar refractivity (Wildman–Crippen MR) is 118 cm³/mol. The first-order chi connectivity index (χ1) is 13.4. The summed E-state index contributed by atoms with van der Waals surface area (Å²) < 4.78 is 0. The third-order valence-electron chi connectivity index (χ3n) is 5.16. The summed E-state index contributed by atoms with van der Waals surface area (Å²) in [7, 11) is 0. The zero-order valence-corrected chi connectivity index (χ0v) is 16.0. The van der Waals surface area contributed by atoms with E-state index in [1.807, 2.05) is 0 Å². The molecular weight excluding hydrogens is 330 g/mol. The largest absolute Gasteiger partial charge is 0.384 e. The first-order valence-electron chi connectivity index (χ1n) is 10.0. The molecule has 27 heavy (non-hydrogen) atoms. The molecule has 0 radical (unpaired) electrons. The Morgan fingerprint density at radius 3 is 2.41 bits per heavy atom. The first kappa shape index (κ1) is 17.7. The van der Waals surface area contributed by atoms with Crippen molar-refractivity contribution in [2.24, 2.45) is 0 Å². The Morgan fingerprint density at radius 1 is 0.741 bits per heavy atom. The number of unbranched alkanes of at least 4 members (excludes halogenated alkanes) is 2. The molecule has 0 bridgehead atoms. The van der Waals surface area contributed by atoms with Gasteiger partial charge in [-0.05, 0) is 37.4 Å². The second-order valence-electron chi connectivity index (χ2n) is 7.03. The van der Waals surface area contributed by atoms with Gasteiger partial charge < -0.3 is 10.6 Å². The number of fused-ring (bicyclic) bond motifs is 4. The summed E-state index contributed by atoms with van der Waals surface area (Å²) in [5.41, 5.74) is 3.35. The SMILES string of the molecule is CCNCCCCCNc1c2ccccc2nc2c1ccc1ccccc12. The lowest BCUT2D eigenvalue weighted by Gasteiger charge is -2.14. The summed E-state index contributed by atoms with van der Waals surface area (Å²) in [5, 5.41) is 12.0. The predicted octanol–water partition coefficient (Wildman–Crippen LogP) is 5.73. The van der Waals surface area contributed by atoms with Gasteiger partial charge in [-0.15, -0.1) is 0 Å². The summed E-state index contributed by atoms with van der Waals surface area (Å²) in [6.07, 6.45) is 3.65. The van der Waals surface area contributed by atoms with E-state index >= 15 is 0 Å². The van der Waals surface area contributed by atoms with Gasteiger partial charge in [0.05, 0.1) is 16.7 Å². The van der Waals surface area contributed by atoms with Gasteiger partial charge in [-0.2, -0.15) is 0 Å².